The fourth-order valence-corrected chi connectivity index (χ4v) is 4.85. The number of rotatable bonds is 4. The number of hydrogen-bond donors (Lipinski definition) is 2. The molecule has 1 unspecified atom stereocenters. The van der Waals surface area contributed by atoms with E-state index >= 15 is 0 Å². The Hall–Kier alpha value is -2.45. The van der Waals surface area contributed by atoms with Crippen molar-refractivity contribution in [3.8, 4) is 11.3 Å². The van der Waals surface area contributed by atoms with E-state index in [1.807, 2.05) is 4.90 Å². The molecule has 3 N–H and O–H groups in total. The van der Waals surface area contributed by atoms with E-state index in [-0.39, 0.29) is 11.6 Å². The Morgan fingerprint density at radius 1 is 1.38 bits per heavy atom. The Bertz CT molecular complexity index is 1140. The molecule has 0 aromatic carbocycles. The number of halogens is 3. The molecule has 0 aliphatic carbocycles. The zero-order chi connectivity index (χ0) is 21.0. The van der Waals surface area contributed by atoms with Crippen LogP contribution in [0.1, 0.15) is 12.0 Å². The van der Waals surface area contributed by atoms with Crippen LogP contribution in [-0.4, -0.2) is 53.4 Å². The van der Waals surface area contributed by atoms with Gasteiger partial charge in [0.15, 0.2) is 0 Å². The van der Waals surface area contributed by atoms with E-state index in [2.05, 4.69) is 19.8 Å². The molecule has 0 bridgehead atoms. The number of nitrogens with zero attached hydrogens (tertiary/aromatic N) is 5. The first-order valence-corrected chi connectivity index (χ1v) is 11.1. The average molecular weight is 447 g/mol. The molecule has 14 heteroatoms. The molecule has 29 heavy (non-hydrogen) atoms. The molecule has 4 rings (SSSR count). The fourth-order valence-electron chi connectivity index (χ4n) is 3.13. The van der Waals surface area contributed by atoms with Gasteiger partial charge >= 0.3 is 6.18 Å². The highest BCUT2D eigenvalue weighted by Gasteiger charge is 2.34. The van der Waals surface area contributed by atoms with Crippen LogP contribution in [-0.2, 0) is 16.2 Å². The van der Waals surface area contributed by atoms with E-state index in [9.17, 15) is 21.6 Å². The summed E-state index contributed by atoms with van der Waals surface area (Å²) in [6.07, 6.45) is -0.0881. The summed E-state index contributed by atoms with van der Waals surface area (Å²) in [7, 11) is -3.29. The maximum atomic E-state index is 13.0. The Kier molecular flexibility index (Phi) is 4.66. The van der Waals surface area contributed by atoms with Crippen LogP contribution in [0.5, 0.6) is 0 Å². The van der Waals surface area contributed by atoms with Gasteiger partial charge in [-0.1, -0.05) is 11.3 Å². The predicted octanol–water partition coefficient (Wildman–Crippen LogP) is 1.58. The fraction of sp³-hybridized carbons (Fsp3) is 0.400. The Labute approximate surface area is 167 Å². The smallest absolute Gasteiger partial charge is 0.383 e. The number of alkyl halides is 3. The van der Waals surface area contributed by atoms with Crippen molar-refractivity contribution in [1.82, 2.24) is 24.3 Å². The average Bonchev–Trinajstić information content (AvgIpc) is 3.26. The Morgan fingerprint density at radius 2 is 2.14 bits per heavy atom. The largest absolute Gasteiger partial charge is 0.419 e. The molecule has 0 radical (unpaired) electrons. The molecule has 0 saturated carbocycles. The van der Waals surface area contributed by atoms with Crippen molar-refractivity contribution in [2.24, 2.45) is 0 Å². The van der Waals surface area contributed by atoms with Crippen LogP contribution in [0.15, 0.2) is 18.5 Å². The highest BCUT2D eigenvalue weighted by Crippen LogP contribution is 2.35. The Morgan fingerprint density at radius 3 is 2.79 bits per heavy atom. The molecule has 4 heterocycles. The minimum Gasteiger partial charge on any atom is -0.383 e. The normalized spacial score (nSPS) is 18.1. The third-order valence-corrected chi connectivity index (χ3v) is 6.14. The number of imidazole rings is 1. The van der Waals surface area contributed by atoms with Gasteiger partial charge in [0.1, 0.15) is 5.82 Å². The number of nitrogen functional groups attached to an aromatic ring is 1. The summed E-state index contributed by atoms with van der Waals surface area (Å²) in [5, 5.41) is 5.07. The highest BCUT2D eigenvalue weighted by molar-refractivity contribution is 7.88. The van der Waals surface area contributed by atoms with E-state index in [4.69, 9.17) is 5.73 Å². The summed E-state index contributed by atoms with van der Waals surface area (Å²) < 4.78 is 65.9. The summed E-state index contributed by atoms with van der Waals surface area (Å²) in [4.78, 5) is 10.4. The zero-order valence-electron chi connectivity index (χ0n) is 15.0. The van der Waals surface area contributed by atoms with Gasteiger partial charge in [-0.15, -0.1) is 5.10 Å². The standard InChI is InChI=1S/C15H16F3N7O2S2/c1-29(26,27)23-9-2-3-24(6-9)14-22-25-7-11(21-13(25)28-14)8-4-10(15(16,17)18)12(19)20-5-8/h4-5,7,9,23H,2-3,6H2,1H3,(H2,19,20). The molecule has 1 atom stereocenters. The molecular formula is C15H16F3N7O2S2. The molecule has 9 nitrogen and oxygen atoms in total. The van der Waals surface area contributed by atoms with Crippen LogP contribution < -0.4 is 15.4 Å². The van der Waals surface area contributed by atoms with E-state index in [1.54, 1.807) is 0 Å². The molecule has 1 aliphatic rings. The lowest BCUT2D eigenvalue weighted by Gasteiger charge is -2.14. The molecule has 156 valence electrons. The molecule has 1 fully saturated rings. The first-order valence-electron chi connectivity index (χ1n) is 8.41. The predicted molar refractivity (Wildman–Crippen MR) is 102 cm³/mol. The van der Waals surface area contributed by atoms with Gasteiger partial charge in [-0.2, -0.15) is 13.2 Å². The van der Waals surface area contributed by atoms with Crippen molar-refractivity contribution in [1.29, 1.82) is 0 Å². The minimum absolute atomic E-state index is 0.185. The van der Waals surface area contributed by atoms with Crippen LogP contribution in [0.2, 0.25) is 0 Å². The van der Waals surface area contributed by atoms with Gasteiger partial charge in [-0.3, -0.25) is 0 Å². The quantitative estimate of drug-likeness (QED) is 0.623. The first kappa shape index (κ1) is 19.8. The lowest BCUT2D eigenvalue weighted by Crippen LogP contribution is -2.36. The van der Waals surface area contributed by atoms with Gasteiger partial charge in [0.25, 0.3) is 0 Å². The summed E-state index contributed by atoms with van der Waals surface area (Å²) >= 11 is 1.27. The van der Waals surface area contributed by atoms with Gasteiger partial charge in [-0.25, -0.2) is 27.6 Å². The molecular weight excluding hydrogens is 431 g/mol. The minimum atomic E-state index is -4.61. The third kappa shape index (κ3) is 4.13. The number of nitrogens with one attached hydrogen (secondary N) is 1. The van der Waals surface area contributed by atoms with Crippen molar-refractivity contribution < 1.29 is 21.6 Å². The first-order chi connectivity index (χ1) is 13.5. The highest BCUT2D eigenvalue weighted by atomic mass is 32.2. The van der Waals surface area contributed by atoms with Crippen molar-refractivity contribution in [3.05, 3.63) is 24.0 Å². The van der Waals surface area contributed by atoms with E-state index < -0.39 is 27.6 Å². The molecule has 0 amide bonds. The van der Waals surface area contributed by atoms with Crippen LogP contribution in [0.25, 0.3) is 16.2 Å². The molecule has 0 spiro atoms. The third-order valence-electron chi connectivity index (χ3n) is 4.39. The maximum absolute atomic E-state index is 13.0. The number of aromatic nitrogens is 4. The number of sulfonamides is 1. The van der Waals surface area contributed by atoms with E-state index in [0.29, 0.717) is 35.3 Å². The van der Waals surface area contributed by atoms with Crippen molar-refractivity contribution in [3.63, 3.8) is 0 Å². The second kappa shape index (κ2) is 6.81. The molecule has 1 aliphatic heterocycles. The van der Waals surface area contributed by atoms with Crippen molar-refractivity contribution >= 4 is 37.3 Å². The van der Waals surface area contributed by atoms with E-state index in [0.717, 1.165) is 12.3 Å². The number of anilines is 2. The van der Waals surface area contributed by atoms with E-state index in [1.165, 1.54) is 28.2 Å². The molecule has 1 saturated heterocycles. The topological polar surface area (TPSA) is 119 Å². The van der Waals surface area contributed by atoms with Gasteiger partial charge in [0.2, 0.25) is 20.1 Å². The maximum Gasteiger partial charge on any atom is 0.419 e. The van der Waals surface area contributed by atoms with Gasteiger partial charge in [0.05, 0.1) is 23.7 Å². The monoisotopic (exact) mass is 447 g/mol. The number of pyridine rings is 1. The molecule has 3 aromatic heterocycles. The second-order valence-electron chi connectivity index (χ2n) is 6.71. The van der Waals surface area contributed by atoms with Crippen LogP contribution >= 0.6 is 11.3 Å². The summed E-state index contributed by atoms with van der Waals surface area (Å²) in [6.45, 7) is 1.11. The van der Waals surface area contributed by atoms with Gasteiger partial charge in [-0.05, 0) is 12.5 Å². The lowest BCUT2D eigenvalue weighted by atomic mass is 10.1. The number of nitrogens with two attached hydrogens (primary N) is 1. The summed E-state index contributed by atoms with van der Waals surface area (Å²) in [6, 6.07) is 0.718. The lowest BCUT2D eigenvalue weighted by molar-refractivity contribution is -0.137. The second-order valence-corrected chi connectivity index (χ2v) is 9.43. The number of fused-ring (bicyclic) bond motifs is 1. The van der Waals surface area contributed by atoms with Gasteiger partial charge < -0.3 is 10.6 Å². The number of hydrogen-bond acceptors (Lipinski definition) is 8. The SMILES string of the molecule is CS(=O)(=O)NC1CCN(c2nn3cc(-c4cnc(N)c(C(F)(F)F)c4)nc3s2)C1. The molecule has 3 aromatic rings. The van der Waals surface area contributed by atoms with Crippen molar-refractivity contribution in [2.45, 2.75) is 18.6 Å². The van der Waals surface area contributed by atoms with Gasteiger partial charge in [0, 0.05) is 30.9 Å². The van der Waals surface area contributed by atoms with Crippen molar-refractivity contribution in [2.75, 3.05) is 30.0 Å². The van der Waals surface area contributed by atoms with Crippen LogP contribution in [0, 0.1) is 0 Å². The Balaban J connectivity index is 1.57. The summed E-state index contributed by atoms with van der Waals surface area (Å²) in [5.41, 5.74) is 4.80. The summed E-state index contributed by atoms with van der Waals surface area (Å²) in [5.74, 6) is -0.589. The van der Waals surface area contributed by atoms with Crippen LogP contribution in [0.3, 0.4) is 0 Å². The van der Waals surface area contributed by atoms with Crippen LogP contribution in [0.4, 0.5) is 24.1 Å². The zero-order valence-corrected chi connectivity index (χ0v) is 16.6.